The molecule has 1 aliphatic rings. The first-order chi connectivity index (χ1) is 12.6. The molecule has 2 N–H and O–H groups in total. The van der Waals surface area contributed by atoms with Crippen molar-refractivity contribution in [3.8, 4) is 5.75 Å². The van der Waals surface area contributed by atoms with Crippen molar-refractivity contribution in [2.45, 2.75) is 26.0 Å². The van der Waals surface area contributed by atoms with Crippen LogP contribution in [0.3, 0.4) is 0 Å². The Morgan fingerprint density at radius 3 is 3.12 bits per heavy atom. The number of carbonyl (C=O) groups excluding carboxylic acids is 2. The van der Waals surface area contributed by atoms with Crippen LogP contribution in [0.5, 0.6) is 5.75 Å². The summed E-state index contributed by atoms with van der Waals surface area (Å²) in [7, 11) is 0. The van der Waals surface area contributed by atoms with Crippen molar-refractivity contribution in [1.82, 2.24) is 15.6 Å². The second-order valence-electron chi connectivity index (χ2n) is 6.01. The fourth-order valence-corrected chi connectivity index (χ4v) is 3.53. The van der Waals surface area contributed by atoms with E-state index in [0.29, 0.717) is 47.6 Å². The van der Waals surface area contributed by atoms with Crippen LogP contribution in [0, 0.1) is 6.92 Å². The van der Waals surface area contributed by atoms with Crippen LogP contribution in [-0.4, -0.2) is 29.4 Å². The quantitative estimate of drug-likeness (QED) is 0.718. The minimum Gasteiger partial charge on any atom is -0.486 e. The molecule has 2 amide bonds. The third-order valence-electron chi connectivity index (χ3n) is 4.26. The number of ether oxygens (including phenoxy) is 1. The highest BCUT2D eigenvalue weighted by Gasteiger charge is 2.28. The number of aryl methyl sites for hydroxylation is 1. The SMILES string of the molecule is Cc1oc2ccc(OCc3nccs3)cc2c1C(=O)NC1CCNC1=O. The third-order valence-corrected chi connectivity index (χ3v) is 5.02. The van der Waals surface area contributed by atoms with Crippen LogP contribution < -0.4 is 15.4 Å². The van der Waals surface area contributed by atoms with E-state index >= 15 is 0 Å². The van der Waals surface area contributed by atoms with Gasteiger partial charge in [-0.2, -0.15) is 0 Å². The smallest absolute Gasteiger partial charge is 0.256 e. The number of fused-ring (bicyclic) bond motifs is 1. The topological polar surface area (TPSA) is 93.5 Å². The predicted molar refractivity (Wildman–Crippen MR) is 96.3 cm³/mol. The highest BCUT2D eigenvalue weighted by molar-refractivity contribution is 7.09. The van der Waals surface area contributed by atoms with Gasteiger partial charge in [0.1, 0.15) is 34.7 Å². The summed E-state index contributed by atoms with van der Waals surface area (Å²) in [5.74, 6) is 0.658. The molecule has 1 fully saturated rings. The van der Waals surface area contributed by atoms with Gasteiger partial charge in [0, 0.05) is 23.5 Å². The number of hydrogen-bond acceptors (Lipinski definition) is 6. The standard InChI is InChI=1S/C18H17N3O4S/c1-10-16(18(23)21-13-4-5-20-17(13)22)12-8-11(2-3-14(12)25-10)24-9-15-19-6-7-26-15/h2-3,6-8,13H,4-5,9H2,1H3,(H,20,22)(H,21,23). The van der Waals surface area contributed by atoms with Gasteiger partial charge in [-0.25, -0.2) is 4.98 Å². The lowest BCUT2D eigenvalue weighted by atomic mass is 10.1. The fraction of sp³-hybridized carbons (Fsp3) is 0.278. The van der Waals surface area contributed by atoms with E-state index in [2.05, 4.69) is 15.6 Å². The molecule has 1 aliphatic heterocycles. The number of nitrogens with one attached hydrogen (secondary N) is 2. The van der Waals surface area contributed by atoms with Crippen LogP contribution in [0.4, 0.5) is 0 Å². The molecule has 26 heavy (non-hydrogen) atoms. The minimum absolute atomic E-state index is 0.156. The van der Waals surface area contributed by atoms with Gasteiger partial charge >= 0.3 is 0 Å². The first-order valence-electron chi connectivity index (χ1n) is 8.25. The first-order valence-corrected chi connectivity index (χ1v) is 9.12. The fourth-order valence-electron chi connectivity index (χ4n) is 3.00. The third kappa shape index (κ3) is 3.15. The number of aromatic nitrogens is 1. The Kier molecular flexibility index (Phi) is 4.34. The number of nitrogens with zero attached hydrogens (tertiary/aromatic N) is 1. The van der Waals surface area contributed by atoms with Gasteiger partial charge in [0.05, 0.1) is 5.56 Å². The summed E-state index contributed by atoms with van der Waals surface area (Å²) in [6.07, 6.45) is 2.31. The minimum atomic E-state index is -0.504. The Morgan fingerprint density at radius 1 is 1.50 bits per heavy atom. The molecule has 8 heteroatoms. The molecule has 1 saturated heterocycles. The van der Waals surface area contributed by atoms with E-state index in [-0.39, 0.29) is 11.8 Å². The van der Waals surface area contributed by atoms with Gasteiger partial charge in [-0.15, -0.1) is 11.3 Å². The molecule has 4 rings (SSSR count). The molecule has 3 aromatic rings. The van der Waals surface area contributed by atoms with Gasteiger partial charge in [-0.3, -0.25) is 9.59 Å². The van der Waals surface area contributed by atoms with E-state index in [1.165, 1.54) is 11.3 Å². The number of benzene rings is 1. The second kappa shape index (κ2) is 6.80. The molecule has 0 radical (unpaired) electrons. The van der Waals surface area contributed by atoms with E-state index < -0.39 is 6.04 Å². The summed E-state index contributed by atoms with van der Waals surface area (Å²) >= 11 is 1.52. The number of carbonyl (C=O) groups is 2. The molecule has 1 aromatic carbocycles. The lowest BCUT2D eigenvalue weighted by Crippen LogP contribution is -2.40. The van der Waals surface area contributed by atoms with Crippen molar-refractivity contribution in [2.75, 3.05) is 6.54 Å². The predicted octanol–water partition coefficient (Wildman–Crippen LogP) is 2.40. The Morgan fingerprint density at radius 2 is 2.38 bits per heavy atom. The first kappa shape index (κ1) is 16.6. The van der Waals surface area contributed by atoms with Crippen molar-refractivity contribution in [2.24, 2.45) is 0 Å². The van der Waals surface area contributed by atoms with Gasteiger partial charge in [0.15, 0.2) is 0 Å². The van der Waals surface area contributed by atoms with E-state index in [4.69, 9.17) is 9.15 Å². The van der Waals surface area contributed by atoms with E-state index in [9.17, 15) is 9.59 Å². The lowest BCUT2D eigenvalue weighted by molar-refractivity contribution is -0.120. The Labute approximate surface area is 153 Å². The van der Waals surface area contributed by atoms with Crippen molar-refractivity contribution < 1.29 is 18.7 Å². The number of rotatable bonds is 5. The molecule has 1 unspecified atom stereocenters. The molecule has 3 heterocycles. The van der Waals surface area contributed by atoms with Gasteiger partial charge < -0.3 is 19.8 Å². The normalized spacial score (nSPS) is 16.7. The molecule has 1 atom stereocenters. The Hall–Kier alpha value is -2.87. The average molecular weight is 371 g/mol. The molecular weight excluding hydrogens is 354 g/mol. The summed E-state index contributed by atoms with van der Waals surface area (Å²) in [5, 5.41) is 8.91. The number of hydrogen-bond donors (Lipinski definition) is 2. The molecule has 0 aliphatic carbocycles. The van der Waals surface area contributed by atoms with Gasteiger partial charge in [0.2, 0.25) is 5.91 Å². The molecular formula is C18H17N3O4S. The van der Waals surface area contributed by atoms with Crippen LogP contribution >= 0.6 is 11.3 Å². The van der Waals surface area contributed by atoms with Crippen LogP contribution in [0.25, 0.3) is 11.0 Å². The summed E-state index contributed by atoms with van der Waals surface area (Å²) < 4.78 is 11.5. The molecule has 2 aromatic heterocycles. The molecule has 0 bridgehead atoms. The number of furan rings is 1. The van der Waals surface area contributed by atoms with E-state index in [1.807, 2.05) is 5.38 Å². The van der Waals surface area contributed by atoms with E-state index in [0.717, 1.165) is 5.01 Å². The van der Waals surface area contributed by atoms with Crippen molar-refractivity contribution in [3.05, 3.63) is 46.1 Å². The summed E-state index contributed by atoms with van der Waals surface area (Å²) in [4.78, 5) is 28.6. The monoisotopic (exact) mass is 371 g/mol. The lowest BCUT2D eigenvalue weighted by Gasteiger charge is -2.10. The average Bonchev–Trinajstić information content (AvgIpc) is 3.33. The van der Waals surface area contributed by atoms with E-state index in [1.54, 1.807) is 31.3 Å². The zero-order valence-corrected chi connectivity index (χ0v) is 14.9. The van der Waals surface area contributed by atoms with Gasteiger partial charge in [-0.1, -0.05) is 0 Å². The van der Waals surface area contributed by atoms with Gasteiger partial charge in [0.25, 0.3) is 5.91 Å². The van der Waals surface area contributed by atoms with Crippen molar-refractivity contribution in [3.63, 3.8) is 0 Å². The number of amides is 2. The summed E-state index contributed by atoms with van der Waals surface area (Å²) in [6.45, 7) is 2.67. The molecule has 134 valence electrons. The highest BCUT2D eigenvalue weighted by atomic mass is 32.1. The second-order valence-corrected chi connectivity index (χ2v) is 6.99. The maximum absolute atomic E-state index is 12.7. The van der Waals surface area contributed by atoms with Crippen molar-refractivity contribution in [1.29, 1.82) is 0 Å². The maximum atomic E-state index is 12.7. The summed E-state index contributed by atoms with van der Waals surface area (Å²) in [6, 6.07) is 4.85. The molecule has 0 spiro atoms. The number of thiazole rings is 1. The maximum Gasteiger partial charge on any atom is 0.256 e. The highest BCUT2D eigenvalue weighted by Crippen LogP contribution is 2.29. The van der Waals surface area contributed by atoms with Crippen molar-refractivity contribution >= 4 is 34.1 Å². The van der Waals surface area contributed by atoms with Crippen LogP contribution in [0.2, 0.25) is 0 Å². The van der Waals surface area contributed by atoms with Crippen LogP contribution in [0.15, 0.2) is 34.2 Å². The molecule has 7 nitrogen and oxygen atoms in total. The Balaban J connectivity index is 1.59. The van der Waals surface area contributed by atoms with Gasteiger partial charge in [-0.05, 0) is 31.5 Å². The Bertz CT molecular complexity index is 964. The zero-order valence-electron chi connectivity index (χ0n) is 14.1. The molecule has 0 saturated carbocycles. The largest absolute Gasteiger partial charge is 0.486 e. The van der Waals surface area contributed by atoms with Crippen LogP contribution in [-0.2, 0) is 11.4 Å². The summed E-state index contributed by atoms with van der Waals surface area (Å²) in [5.41, 5.74) is 1.03. The van der Waals surface area contributed by atoms with Crippen LogP contribution in [0.1, 0.15) is 27.5 Å². The zero-order chi connectivity index (χ0) is 18.1.